The van der Waals surface area contributed by atoms with Crippen LogP contribution in [0.15, 0.2) is 36.5 Å². The van der Waals surface area contributed by atoms with E-state index in [1.165, 1.54) is 17.2 Å². The number of rotatable bonds is 6. The number of aromatic nitrogens is 1. The molecule has 182 valence electrons. The van der Waals surface area contributed by atoms with Crippen LogP contribution in [0.4, 0.5) is 22.0 Å². The van der Waals surface area contributed by atoms with E-state index >= 15 is 0 Å². The molecule has 11 heteroatoms. The summed E-state index contributed by atoms with van der Waals surface area (Å²) in [4.78, 5) is 42.8. The van der Waals surface area contributed by atoms with Crippen molar-refractivity contribution in [3.8, 4) is 11.5 Å². The molecule has 0 saturated carbocycles. The first-order chi connectivity index (χ1) is 16.0. The van der Waals surface area contributed by atoms with Crippen molar-refractivity contribution in [2.75, 3.05) is 30.4 Å². The number of piperidine rings is 1. The van der Waals surface area contributed by atoms with Gasteiger partial charge in [-0.15, -0.1) is 0 Å². The fourth-order valence-corrected chi connectivity index (χ4v) is 3.95. The topological polar surface area (TPSA) is 138 Å². The Balaban J connectivity index is 1.85. The van der Waals surface area contributed by atoms with Crippen LogP contribution in [-0.4, -0.2) is 57.6 Å². The van der Waals surface area contributed by atoms with E-state index in [1.807, 2.05) is 20.8 Å². The number of pyridine rings is 1. The van der Waals surface area contributed by atoms with Gasteiger partial charge >= 0.3 is 6.09 Å². The monoisotopic (exact) mass is 471 g/mol. The number of nitro benzene ring substituents is 1. The van der Waals surface area contributed by atoms with E-state index in [-0.39, 0.29) is 23.3 Å². The van der Waals surface area contributed by atoms with Gasteiger partial charge < -0.3 is 20.1 Å². The van der Waals surface area contributed by atoms with Crippen LogP contribution in [0.2, 0.25) is 0 Å². The predicted octanol–water partition coefficient (Wildman–Crippen LogP) is 4.35. The minimum atomic E-state index is -0.979. The number of ether oxygens (including phenoxy) is 1. The Morgan fingerprint density at radius 2 is 1.85 bits per heavy atom. The van der Waals surface area contributed by atoms with Crippen LogP contribution in [0, 0.1) is 16.0 Å². The Morgan fingerprint density at radius 3 is 2.41 bits per heavy atom. The van der Waals surface area contributed by atoms with Gasteiger partial charge in [0.2, 0.25) is 5.91 Å². The first-order valence-electron chi connectivity index (χ1n) is 10.9. The zero-order valence-corrected chi connectivity index (χ0v) is 19.6. The van der Waals surface area contributed by atoms with E-state index in [0.717, 1.165) is 0 Å². The SMILES string of the molecule is CNc1ccc(Oc2ccnc(N(C(=O)C3CCN(C(=O)O)CC3)C(C)(C)C)c2)cc1[N+](=O)[O-]. The number of hydrogen-bond donors (Lipinski definition) is 2. The van der Waals surface area contributed by atoms with Crippen LogP contribution in [-0.2, 0) is 4.79 Å². The largest absolute Gasteiger partial charge is 0.465 e. The Kier molecular flexibility index (Phi) is 7.23. The number of carbonyl (C=O) groups is 2. The van der Waals surface area contributed by atoms with Gasteiger partial charge in [0.15, 0.2) is 0 Å². The summed E-state index contributed by atoms with van der Waals surface area (Å²) in [5, 5.41) is 23.3. The highest BCUT2D eigenvalue weighted by Gasteiger charge is 2.36. The molecular weight excluding hydrogens is 442 g/mol. The molecule has 1 aliphatic heterocycles. The molecule has 2 N–H and O–H groups in total. The van der Waals surface area contributed by atoms with Gasteiger partial charge in [0, 0.05) is 43.9 Å². The maximum atomic E-state index is 13.5. The number of carbonyl (C=O) groups excluding carboxylic acids is 1. The highest BCUT2D eigenvalue weighted by atomic mass is 16.6. The smallest absolute Gasteiger partial charge is 0.407 e. The van der Waals surface area contributed by atoms with Gasteiger partial charge in [-0.05, 0) is 51.8 Å². The number of amides is 2. The van der Waals surface area contributed by atoms with Crippen LogP contribution in [0.5, 0.6) is 11.5 Å². The molecular formula is C23H29N5O6. The number of carboxylic acid groups (broad SMARTS) is 1. The number of benzene rings is 1. The third-order valence-electron chi connectivity index (χ3n) is 5.62. The third kappa shape index (κ3) is 5.53. The van der Waals surface area contributed by atoms with E-state index in [2.05, 4.69) is 10.3 Å². The molecule has 34 heavy (non-hydrogen) atoms. The third-order valence-corrected chi connectivity index (χ3v) is 5.62. The van der Waals surface area contributed by atoms with Gasteiger partial charge in [-0.2, -0.15) is 0 Å². The second kappa shape index (κ2) is 9.94. The standard InChI is InChI=1S/C23H29N5O6/c1-23(2,3)27(21(29)15-8-11-26(12-9-15)22(30)31)20-14-17(7-10-25-20)34-16-5-6-18(24-4)19(13-16)28(32)33/h5-7,10,13-15,24H,8-9,11-12H2,1-4H3,(H,30,31). The molecule has 3 rings (SSSR count). The highest BCUT2D eigenvalue weighted by Crippen LogP contribution is 2.34. The minimum absolute atomic E-state index is 0.117. The Hall–Kier alpha value is -3.89. The fourth-order valence-electron chi connectivity index (χ4n) is 3.95. The van der Waals surface area contributed by atoms with Gasteiger partial charge in [-0.1, -0.05) is 0 Å². The number of nitrogens with one attached hydrogen (secondary N) is 1. The first-order valence-corrected chi connectivity index (χ1v) is 10.9. The van der Waals surface area contributed by atoms with Crippen LogP contribution in [0.3, 0.4) is 0 Å². The van der Waals surface area contributed by atoms with Crippen molar-refractivity contribution >= 4 is 29.2 Å². The summed E-state index contributed by atoms with van der Waals surface area (Å²) in [6.45, 7) is 6.30. The second-order valence-electron chi connectivity index (χ2n) is 9.03. The van der Waals surface area contributed by atoms with Crippen molar-refractivity contribution in [3.05, 3.63) is 46.6 Å². The molecule has 1 aliphatic rings. The average Bonchev–Trinajstić information content (AvgIpc) is 2.78. The Labute approximate surface area is 197 Å². The normalized spacial score (nSPS) is 14.4. The molecule has 1 saturated heterocycles. The molecule has 1 aromatic heterocycles. The summed E-state index contributed by atoms with van der Waals surface area (Å²) in [5.74, 6) is 0.586. The molecule has 1 fully saturated rings. The molecule has 2 heterocycles. The number of anilines is 2. The molecule has 0 radical (unpaired) electrons. The maximum absolute atomic E-state index is 13.5. The lowest BCUT2D eigenvalue weighted by molar-refractivity contribution is -0.384. The lowest BCUT2D eigenvalue weighted by Gasteiger charge is -2.39. The molecule has 2 aromatic rings. The van der Waals surface area contributed by atoms with E-state index in [1.54, 1.807) is 36.2 Å². The first kappa shape index (κ1) is 24.7. The predicted molar refractivity (Wildman–Crippen MR) is 127 cm³/mol. The molecule has 0 bridgehead atoms. The van der Waals surface area contributed by atoms with Crippen molar-refractivity contribution in [2.45, 2.75) is 39.2 Å². The second-order valence-corrected chi connectivity index (χ2v) is 9.03. The number of likely N-dealkylation sites (tertiary alicyclic amines) is 1. The molecule has 0 aliphatic carbocycles. The number of nitro groups is 1. The van der Waals surface area contributed by atoms with Gasteiger partial charge in [0.1, 0.15) is 23.0 Å². The van der Waals surface area contributed by atoms with Crippen molar-refractivity contribution in [2.24, 2.45) is 5.92 Å². The van der Waals surface area contributed by atoms with Crippen LogP contribution < -0.4 is 15.0 Å². The summed E-state index contributed by atoms with van der Waals surface area (Å²) >= 11 is 0. The van der Waals surface area contributed by atoms with Gasteiger partial charge in [-0.25, -0.2) is 9.78 Å². The van der Waals surface area contributed by atoms with Gasteiger partial charge in [0.25, 0.3) is 5.69 Å². The number of hydrogen-bond acceptors (Lipinski definition) is 7. The van der Waals surface area contributed by atoms with Crippen molar-refractivity contribution in [1.29, 1.82) is 0 Å². The molecule has 0 atom stereocenters. The van der Waals surface area contributed by atoms with E-state index in [9.17, 15) is 24.8 Å². The number of nitrogens with zero attached hydrogens (tertiary/aromatic N) is 4. The summed E-state index contributed by atoms with van der Waals surface area (Å²) in [6, 6.07) is 7.73. The average molecular weight is 472 g/mol. The van der Waals surface area contributed by atoms with Crippen LogP contribution >= 0.6 is 0 Å². The molecule has 0 spiro atoms. The van der Waals surface area contributed by atoms with E-state index in [4.69, 9.17) is 4.74 Å². The zero-order chi connectivity index (χ0) is 25.0. The summed E-state index contributed by atoms with van der Waals surface area (Å²) in [7, 11) is 1.60. The van der Waals surface area contributed by atoms with Crippen molar-refractivity contribution in [1.82, 2.24) is 9.88 Å². The Bertz CT molecular complexity index is 1080. The minimum Gasteiger partial charge on any atom is -0.465 e. The summed E-state index contributed by atoms with van der Waals surface area (Å²) < 4.78 is 5.86. The van der Waals surface area contributed by atoms with Crippen molar-refractivity contribution in [3.63, 3.8) is 0 Å². The van der Waals surface area contributed by atoms with E-state index in [0.29, 0.717) is 43.2 Å². The molecule has 1 aromatic carbocycles. The Morgan fingerprint density at radius 1 is 1.21 bits per heavy atom. The maximum Gasteiger partial charge on any atom is 0.407 e. The molecule has 2 amide bonds. The van der Waals surface area contributed by atoms with E-state index < -0.39 is 16.6 Å². The zero-order valence-electron chi connectivity index (χ0n) is 19.6. The highest BCUT2D eigenvalue weighted by molar-refractivity contribution is 5.95. The fraction of sp³-hybridized carbons (Fsp3) is 0.435. The van der Waals surface area contributed by atoms with Crippen LogP contribution in [0.25, 0.3) is 0 Å². The molecule has 11 nitrogen and oxygen atoms in total. The van der Waals surface area contributed by atoms with Gasteiger partial charge in [-0.3, -0.25) is 19.8 Å². The summed E-state index contributed by atoms with van der Waals surface area (Å²) in [5.41, 5.74) is -0.348. The van der Waals surface area contributed by atoms with Crippen molar-refractivity contribution < 1.29 is 24.4 Å². The van der Waals surface area contributed by atoms with Gasteiger partial charge in [0.05, 0.1) is 11.0 Å². The lowest BCUT2D eigenvalue weighted by atomic mass is 9.93. The summed E-state index contributed by atoms with van der Waals surface area (Å²) in [6.07, 6.45) is 1.42. The lowest BCUT2D eigenvalue weighted by Crippen LogP contribution is -2.51. The molecule has 0 unspecified atom stereocenters. The quantitative estimate of drug-likeness (QED) is 0.468. The van der Waals surface area contributed by atoms with Crippen LogP contribution in [0.1, 0.15) is 33.6 Å².